The number of aryl methyl sites for hydroxylation is 1. The van der Waals surface area contributed by atoms with Gasteiger partial charge in [-0.05, 0) is 54.4 Å². The molecule has 3 aromatic carbocycles. The fourth-order valence-electron chi connectivity index (χ4n) is 3.18. The number of benzene rings is 3. The van der Waals surface area contributed by atoms with Gasteiger partial charge < -0.3 is 20.1 Å². The number of halogens is 1. The maximum absolute atomic E-state index is 13.0. The van der Waals surface area contributed by atoms with Crippen molar-refractivity contribution < 1.29 is 14.3 Å². The van der Waals surface area contributed by atoms with Crippen LogP contribution >= 0.6 is 11.6 Å². The summed E-state index contributed by atoms with van der Waals surface area (Å²) in [6.45, 7) is 3.67. The fraction of sp³-hybridized carbons (Fsp3) is 0.240. The third kappa shape index (κ3) is 6.23. The van der Waals surface area contributed by atoms with Gasteiger partial charge in [-0.3, -0.25) is 4.79 Å². The van der Waals surface area contributed by atoms with Crippen LogP contribution in [-0.4, -0.2) is 31.0 Å². The van der Waals surface area contributed by atoms with Crippen LogP contribution in [0.15, 0.2) is 66.7 Å². The van der Waals surface area contributed by atoms with Crippen molar-refractivity contribution >= 4 is 17.5 Å². The van der Waals surface area contributed by atoms with Crippen LogP contribution in [0.5, 0.6) is 11.5 Å². The summed E-state index contributed by atoms with van der Waals surface area (Å²) >= 11 is 5.93. The van der Waals surface area contributed by atoms with Gasteiger partial charge in [-0.1, -0.05) is 47.5 Å². The van der Waals surface area contributed by atoms with Crippen molar-refractivity contribution in [1.29, 1.82) is 0 Å². The van der Waals surface area contributed by atoms with Crippen LogP contribution in [0.25, 0.3) is 0 Å². The molecule has 31 heavy (non-hydrogen) atoms. The molecule has 3 rings (SSSR count). The molecule has 0 spiro atoms. The highest BCUT2D eigenvalue weighted by Gasteiger charge is 2.17. The molecule has 0 saturated carbocycles. The van der Waals surface area contributed by atoms with Crippen molar-refractivity contribution in [3.63, 3.8) is 0 Å². The van der Waals surface area contributed by atoms with Crippen molar-refractivity contribution in [2.45, 2.75) is 20.1 Å². The zero-order chi connectivity index (χ0) is 22.2. The summed E-state index contributed by atoms with van der Waals surface area (Å²) in [6, 6.07) is 20.7. The Bertz CT molecular complexity index is 1000. The maximum atomic E-state index is 13.0. The molecule has 0 aromatic heterocycles. The molecule has 1 amide bonds. The largest absolute Gasteiger partial charge is 0.493 e. The van der Waals surface area contributed by atoms with Crippen LogP contribution in [0, 0.1) is 6.92 Å². The minimum atomic E-state index is -0.0486. The van der Waals surface area contributed by atoms with E-state index in [0.29, 0.717) is 48.3 Å². The van der Waals surface area contributed by atoms with E-state index in [1.54, 1.807) is 12.0 Å². The maximum Gasteiger partial charge on any atom is 0.254 e. The second-order valence-electron chi connectivity index (χ2n) is 7.28. The lowest BCUT2D eigenvalue weighted by Gasteiger charge is -2.23. The van der Waals surface area contributed by atoms with Crippen molar-refractivity contribution in [3.05, 3.63) is 94.0 Å². The normalized spacial score (nSPS) is 10.6. The SMILES string of the molecule is COc1cc(CN(CCN)C(=O)c2ccc(C)cc2)ccc1OCc1ccc(Cl)cc1. The van der Waals surface area contributed by atoms with Crippen molar-refractivity contribution in [2.75, 3.05) is 20.2 Å². The number of rotatable bonds is 9. The highest BCUT2D eigenvalue weighted by molar-refractivity contribution is 6.30. The smallest absolute Gasteiger partial charge is 0.254 e. The van der Waals surface area contributed by atoms with Gasteiger partial charge in [0.2, 0.25) is 0 Å². The van der Waals surface area contributed by atoms with E-state index in [-0.39, 0.29) is 5.91 Å². The topological polar surface area (TPSA) is 64.8 Å². The van der Waals surface area contributed by atoms with E-state index < -0.39 is 0 Å². The number of carbonyl (C=O) groups is 1. The fourth-order valence-corrected chi connectivity index (χ4v) is 3.30. The number of hydrogen-bond donors (Lipinski definition) is 1. The van der Waals surface area contributed by atoms with Gasteiger partial charge in [-0.15, -0.1) is 0 Å². The van der Waals surface area contributed by atoms with E-state index in [9.17, 15) is 4.79 Å². The summed E-state index contributed by atoms with van der Waals surface area (Å²) in [5, 5.41) is 0.688. The van der Waals surface area contributed by atoms with Gasteiger partial charge >= 0.3 is 0 Å². The predicted molar refractivity (Wildman–Crippen MR) is 124 cm³/mol. The number of carbonyl (C=O) groups excluding carboxylic acids is 1. The molecular weight excluding hydrogens is 412 g/mol. The molecule has 0 bridgehead atoms. The summed E-state index contributed by atoms with van der Waals surface area (Å²) < 4.78 is 11.4. The number of nitrogens with zero attached hydrogens (tertiary/aromatic N) is 1. The molecule has 2 N–H and O–H groups in total. The van der Waals surface area contributed by atoms with Gasteiger partial charge in [0.1, 0.15) is 6.61 Å². The third-order valence-electron chi connectivity index (χ3n) is 4.89. The minimum absolute atomic E-state index is 0.0486. The molecule has 0 heterocycles. The van der Waals surface area contributed by atoms with Crippen molar-refractivity contribution in [1.82, 2.24) is 4.90 Å². The van der Waals surface area contributed by atoms with Crippen molar-refractivity contribution in [2.24, 2.45) is 5.73 Å². The van der Waals surface area contributed by atoms with Crippen LogP contribution < -0.4 is 15.2 Å². The molecule has 0 atom stereocenters. The van der Waals surface area contributed by atoms with E-state index >= 15 is 0 Å². The lowest BCUT2D eigenvalue weighted by Crippen LogP contribution is -2.34. The number of hydrogen-bond acceptors (Lipinski definition) is 4. The molecule has 6 heteroatoms. The van der Waals surface area contributed by atoms with Gasteiger partial charge in [0, 0.05) is 30.2 Å². The summed E-state index contributed by atoms with van der Waals surface area (Å²) in [6.07, 6.45) is 0. The van der Waals surface area contributed by atoms with Crippen molar-refractivity contribution in [3.8, 4) is 11.5 Å². The third-order valence-corrected chi connectivity index (χ3v) is 5.15. The Morgan fingerprint density at radius 3 is 2.29 bits per heavy atom. The Labute approximate surface area is 188 Å². The highest BCUT2D eigenvalue weighted by atomic mass is 35.5. The Morgan fingerprint density at radius 2 is 1.65 bits per heavy atom. The van der Waals surface area contributed by atoms with Crippen LogP contribution in [-0.2, 0) is 13.2 Å². The number of ether oxygens (including phenoxy) is 2. The predicted octanol–water partition coefficient (Wildman–Crippen LogP) is 4.84. The summed E-state index contributed by atoms with van der Waals surface area (Å²) in [7, 11) is 1.60. The van der Waals surface area contributed by atoms with E-state index in [0.717, 1.165) is 16.7 Å². The summed E-state index contributed by atoms with van der Waals surface area (Å²) in [4.78, 5) is 14.7. The van der Waals surface area contributed by atoms with Crippen LogP contribution in [0.1, 0.15) is 27.0 Å². The number of methoxy groups -OCH3 is 1. The van der Waals surface area contributed by atoms with Crippen LogP contribution in [0.3, 0.4) is 0 Å². The molecule has 5 nitrogen and oxygen atoms in total. The van der Waals surface area contributed by atoms with Gasteiger partial charge in [0.25, 0.3) is 5.91 Å². The lowest BCUT2D eigenvalue weighted by molar-refractivity contribution is 0.0748. The second-order valence-corrected chi connectivity index (χ2v) is 7.72. The molecule has 3 aromatic rings. The standard InChI is InChI=1S/C25H27ClN2O3/c1-18-3-8-21(9-4-18)25(29)28(14-13-27)16-20-7-12-23(24(15-20)30-2)31-17-19-5-10-22(26)11-6-19/h3-12,15H,13-14,16-17,27H2,1-2H3. The Morgan fingerprint density at radius 1 is 0.968 bits per heavy atom. The van der Waals surface area contributed by atoms with E-state index in [1.807, 2.05) is 73.7 Å². The van der Waals surface area contributed by atoms with E-state index in [1.165, 1.54) is 0 Å². The minimum Gasteiger partial charge on any atom is -0.493 e. The van der Waals surface area contributed by atoms with Gasteiger partial charge in [0.15, 0.2) is 11.5 Å². The molecular formula is C25H27ClN2O3. The zero-order valence-corrected chi connectivity index (χ0v) is 18.6. The first-order chi connectivity index (χ1) is 15.0. The Hall–Kier alpha value is -3.02. The molecule has 162 valence electrons. The van der Waals surface area contributed by atoms with Gasteiger partial charge in [-0.25, -0.2) is 0 Å². The monoisotopic (exact) mass is 438 g/mol. The average Bonchev–Trinajstić information content (AvgIpc) is 2.79. The molecule has 0 aliphatic carbocycles. The summed E-state index contributed by atoms with van der Waals surface area (Å²) in [5.41, 5.74) is 9.46. The Balaban J connectivity index is 1.72. The molecule has 0 saturated heterocycles. The van der Waals surface area contributed by atoms with E-state index in [4.69, 9.17) is 26.8 Å². The average molecular weight is 439 g/mol. The molecule has 0 aliphatic rings. The van der Waals surface area contributed by atoms with Crippen LogP contribution in [0.4, 0.5) is 0 Å². The number of nitrogens with two attached hydrogens (primary N) is 1. The molecule has 0 unspecified atom stereocenters. The quantitative estimate of drug-likeness (QED) is 0.519. The van der Waals surface area contributed by atoms with Gasteiger partial charge in [-0.2, -0.15) is 0 Å². The number of amides is 1. The highest BCUT2D eigenvalue weighted by Crippen LogP contribution is 2.29. The lowest BCUT2D eigenvalue weighted by atomic mass is 10.1. The zero-order valence-electron chi connectivity index (χ0n) is 17.8. The van der Waals surface area contributed by atoms with Gasteiger partial charge in [0.05, 0.1) is 7.11 Å². The Kier molecular flexibility index (Phi) is 7.93. The molecule has 0 radical (unpaired) electrons. The first-order valence-corrected chi connectivity index (χ1v) is 10.5. The molecule has 0 fully saturated rings. The summed E-state index contributed by atoms with van der Waals surface area (Å²) in [5.74, 6) is 1.20. The first-order valence-electron chi connectivity index (χ1n) is 10.1. The molecule has 0 aliphatic heterocycles. The van der Waals surface area contributed by atoms with Crippen LogP contribution in [0.2, 0.25) is 5.02 Å². The van der Waals surface area contributed by atoms with E-state index in [2.05, 4.69) is 0 Å². The first kappa shape index (κ1) is 22.7. The second kappa shape index (κ2) is 10.8.